The molecular formula is C27H42O3. The summed E-state index contributed by atoms with van der Waals surface area (Å²) in [5.74, 6) is 2.17. The summed E-state index contributed by atoms with van der Waals surface area (Å²) in [7, 11) is 0. The van der Waals surface area contributed by atoms with Gasteiger partial charge in [0.25, 0.3) is 0 Å². The van der Waals surface area contributed by atoms with E-state index in [0.29, 0.717) is 23.2 Å². The Balaban J connectivity index is 1.54. The average Bonchev–Trinajstić information content (AvgIpc) is 2.99. The first kappa shape index (κ1) is 22.1. The van der Waals surface area contributed by atoms with E-state index in [1.54, 1.807) is 0 Å². The zero-order valence-corrected chi connectivity index (χ0v) is 19.4. The van der Waals surface area contributed by atoms with Crippen LogP contribution in [0.15, 0.2) is 23.8 Å². The second kappa shape index (κ2) is 8.11. The standard InChI is InChI=1S/C27H42O3/c1-17(2)6-5-7-20(25(29)30)18-12-14-26(3)19(16-18)8-9-21-22-10-11-24(28)27(22,4)15-13-23(21)26/h5,7,12,17,19-24,28H,6,8-11,13-16H2,1-4H3,(H,29,30)/b7-5-/t19-,20-,21-,22-,23+,24-,26-,27-/m0/s1. The third kappa shape index (κ3) is 3.59. The normalized spacial score (nSPS) is 44.3. The van der Waals surface area contributed by atoms with Gasteiger partial charge in [-0.05, 0) is 98.2 Å². The molecule has 0 aromatic carbocycles. The van der Waals surface area contributed by atoms with Crippen molar-refractivity contribution in [3.63, 3.8) is 0 Å². The Morgan fingerprint density at radius 1 is 1.13 bits per heavy atom. The van der Waals surface area contributed by atoms with Crippen molar-refractivity contribution in [3.05, 3.63) is 23.8 Å². The highest BCUT2D eigenvalue weighted by Gasteiger charge is 2.59. The van der Waals surface area contributed by atoms with Gasteiger partial charge in [0.2, 0.25) is 0 Å². The largest absolute Gasteiger partial charge is 0.481 e. The molecule has 0 amide bonds. The number of aliphatic hydroxyl groups is 1. The van der Waals surface area contributed by atoms with Gasteiger partial charge in [0.15, 0.2) is 0 Å². The van der Waals surface area contributed by atoms with E-state index in [9.17, 15) is 15.0 Å². The highest BCUT2D eigenvalue weighted by atomic mass is 16.4. The van der Waals surface area contributed by atoms with E-state index in [0.717, 1.165) is 49.5 Å². The van der Waals surface area contributed by atoms with Crippen LogP contribution >= 0.6 is 0 Å². The molecule has 0 aliphatic heterocycles. The predicted octanol–water partition coefficient (Wildman–Crippen LogP) is 6.23. The Labute approximate surface area is 183 Å². The molecule has 8 atom stereocenters. The smallest absolute Gasteiger partial charge is 0.314 e. The molecule has 4 rings (SSSR count). The number of rotatable bonds is 5. The van der Waals surface area contributed by atoms with Crippen molar-refractivity contribution in [3.8, 4) is 0 Å². The number of aliphatic hydroxyl groups excluding tert-OH is 1. The van der Waals surface area contributed by atoms with Crippen LogP contribution in [0.25, 0.3) is 0 Å². The summed E-state index contributed by atoms with van der Waals surface area (Å²) in [6, 6.07) is 0. The number of fused-ring (bicyclic) bond motifs is 5. The second-order valence-corrected chi connectivity index (χ2v) is 11.9. The molecule has 168 valence electrons. The molecule has 0 aromatic rings. The molecule has 0 bridgehead atoms. The van der Waals surface area contributed by atoms with Crippen LogP contribution in [-0.2, 0) is 4.79 Å². The van der Waals surface area contributed by atoms with Crippen molar-refractivity contribution in [1.29, 1.82) is 0 Å². The monoisotopic (exact) mass is 414 g/mol. The van der Waals surface area contributed by atoms with Crippen LogP contribution in [0.4, 0.5) is 0 Å². The van der Waals surface area contributed by atoms with Crippen molar-refractivity contribution < 1.29 is 15.0 Å². The van der Waals surface area contributed by atoms with E-state index in [1.807, 2.05) is 6.08 Å². The lowest BCUT2D eigenvalue weighted by Crippen LogP contribution is -2.53. The molecule has 3 fully saturated rings. The molecule has 0 saturated heterocycles. The van der Waals surface area contributed by atoms with Crippen molar-refractivity contribution in [2.45, 2.75) is 91.6 Å². The van der Waals surface area contributed by atoms with Gasteiger partial charge in [-0.25, -0.2) is 0 Å². The second-order valence-electron chi connectivity index (χ2n) is 11.9. The molecule has 0 heterocycles. The quantitative estimate of drug-likeness (QED) is 0.524. The Morgan fingerprint density at radius 3 is 2.57 bits per heavy atom. The van der Waals surface area contributed by atoms with E-state index < -0.39 is 11.9 Å². The predicted molar refractivity (Wildman–Crippen MR) is 121 cm³/mol. The van der Waals surface area contributed by atoms with Crippen LogP contribution in [-0.4, -0.2) is 22.3 Å². The number of hydrogen-bond acceptors (Lipinski definition) is 2. The first-order valence-electron chi connectivity index (χ1n) is 12.4. The first-order valence-corrected chi connectivity index (χ1v) is 12.4. The summed E-state index contributed by atoms with van der Waals surface area (Å²) >= 11 is 0. The summed E-state index contributed by atoms with van der Waals surface area (Å²) in [4.78, 5) is 12.0. The van der Waals surface area contributed by atoms with Gasteiger partial charge in [-0.1, -0.05) is 51.5 Å². The number of aliphatic carboxylic acids is 1. The van der Waals surface area contributed by atoms with Gasteiger partial charge in [0.05, 0.1) is 12.0 Å². The van der Waals surface area contributed by atoms with Crippen LogP contribution in [0.5, 0.6) is 0 Å². The number of allylic oxidation sites excluding steroid dienone is 2. The summed E-state index contributed by atoms with van der Waals surface area (Å²) in [6.45, 7) is 9.19. The van der Waals surface area contributed by atoms with Gasteiger partial charge in [-0.3, -0.25) is 4.79 Å². The highest BCUT2D eigenvalue weighted by Crippen LogP contribution is 2.66. The lowest BCUT2D eigenvalue weighted by molar-refractivity contribution is -0.139. The molecule has 0 unspecified atom stereocenters. The topological polar surface area (TPSA) is 57.5 Å². The minimum atomic E-state index is -0.702. The van der Waals surface area contributed by atoms with Gasteiger partial charge in [-0.2, -0.15) is 0 Å². The molecule has 3 heteroatoms. The maximum Gasteiger partial charge on any atom is 0.314 e. The minimum absolute atomic E-state index is 0.110. The highest BCUT2D eigenvalue weighted by molar-refractivity contribution is 5.76. The van der Waals surface area contributed by atoms with Crippen molar-refractivity contribution in [1.82, 2.24) is 0 Å². The number of carbonyl (C=O) groups is 1. The molecule has 4 aliphatic carbocycles. The Bertz CT molecular complexity index is 722. The summed E-state index contributed by atoms with van der Waals surface area (Å²) in [5.41, 5.74) is 1.57. The van der Waals surface area contributed by atoms with E-state index >= 15 is 0 Å². The van der Waals surface area contributed by atoms with Crippen LogP contribution in [0.2, 0.25) is 0 Å². The maximum atomic E-state index is 12.0. The molecule has 0 aromatic heterocycles. The Hall–Kier alpha value is -1.09. The fraction of sp³-hybridized carbons (Fsp3) is 0.815. The van der Waals surface area contributed by atoms with Gasteiger partial charge in [-0.15, -0.1) is 0 Å². The van der Waals surface area contributed by atoms with E-state index in [4.69, 9.17) is 0 Å². The van der Waals surface area contributed by atoms with Crippen LogP contribution in [0, 0.1) is 46.3 Å². The number of carboxylic acids is 1. The van der Waals surface area contributed by atoms with E-state index in [1.165, 1.54) is 25.7 Å². The third-order valence-electron chi connectivity index (χ3n) is 9.90. The average molecular weight is 415 g/mol. The van der Waals surface area contributed by atoms with Crippen molar-refractivity contribution in [2.75, 3.05) is 0 Å². The van der Waals surface area contributed by atoms with Gasteiger partial charge >= 0.3 is 5.97 Å². The molecule has 0 spiro atoms. The zero-order chi connectivity index (χ0) is 21.7. The summed E-state index contributed by atoms with van der Waals surface area (Å²) < 4.78 is 0. The molecule has 3 saturated carbocycles. The molecular weight excluding hydrogens is 372 g/mol. The van der Waals surface area contributed by atoms with E-state index in [-0.39, 0.29) is 11.5 Å². The van der Waals surface area contributed by atoms with Crippen LogP contribution in [0.3, 0.4) is 0 Å². The Kier molecular flexibility index (Phi) is 5.98. The lowest BCUT2D eigenvalue weighted by Gasteiger charge is -2.60. The lowest BCUT2D eigenvalue weighted by atomic mass is 9.45. The number of carboxylic acid groups (broad SMARTS) is 1. The zero-order valence-electron chi connectivity index (χ0n) is 19.4. The fourth-order valence-corrected chi connectivity index (χ4v) is 7.98. The minimum Gasteiger partial charge on any atom is -0.481 e. The van der Waals surface area contributed by atoms with Gasteiger partial charge in [0, 0.05) is 0 Å². The number of hydrogen-bond donors (Lipinski definition) is 2. The molecule has 0 radical (unpaired) electrons. The fourth-order valence-electron chi connectivity index (χ4n) is 7.98. The SMILES string of the molecule is CC(C)C/C=C\[C@H](C(=O)O)C1=CC[C@@]2(C)[C@@H](CC[C@@H]3[C@H]2CC[C@]2(C)[C@@H](O)CC[C@@H]32)C1. The summed E-state index contributed by atoms with van der Waals surface area (Å²) in [6.07, 6.45) is 16.2. The maximum absolute atomic E-state index is 12.0. The molecule has 4 aliphatic rings. The van der Waals surface area contributed by atoms with Gasteiger partial charge in [0.1, 0.15) is 0 Å². The third-order valence-corrected chi connectivity index (χ3v) is 9.90. The van der Waals surface area contributed by atoms with Crippen molar-refractivity contribution in [2.24, 2.45) is 46.3 Å². The Morgan fingerprint density at radius 2 is 1.87 bits per heavy atom. The summed E-state index contributed by atoms with van der Waals surface area (Å²) in [5, 5.41) is 20.5. The molecule has 30 heavy (non-hydrogen) atoms. The van der Waals surface area contributed by atoms with Crippen molar-refractivity contribution >= 4 is 5.97 Å². The molecule has 3 nitrogen and oxygen atoms in total. The van der Waals surface area contributed by atoms with Crippen LogP contribution in [0.1, 0.15) is 85.5 Å². The van der Waals surface area contributed by atoms with Crippen LogP contribution < -0.4 is 0 Å². The van der Waals surface area contributed by atoms with Gasteiger partial charge < -0.3 is 10.2 Å². The first-order chi connectivity index (χ1) is 14.2. The van der Waals surface area contributed by atoms with E-state index in [2.05, 4.69) is 39.8 Å². The molecule has 2 N–H and O–H groups in total.